The third-order valence-corrected chi connectivity index (χ3v) is 5.89. The Kier molecular flexibility index (Phi) is 9.59. The number of hydrogen-bond acceptors (Lipinski definition) is 7. The molecule has 0 aliphatic rings. The second kappa shape index (κ2) is 13.1. The van der Waals surface area contributed by atoms with Crippen LogP contribution in [0.1, 0.15) is 17.5 Å². The maximum atomic E-state index is 13.1. The van der Waals surface area contributed by atoms with Crippen LogP contribution in [0.5, 0.6) is 5.75 Å². The van der Waals surface area contributed by atoms with Crippen molar-refractivity contribution in [3.8, 4) is 5.75 Å². The summed E-state index contributed by atoms with van der Waals surface area (Å²) >= 11 is 0. The van der Waals surface area contributed by atoms with Crippen LogP contribution < -0.4 is 21.7 Å². The minimum absolute atomic E-state index is 0.0320. The Bertz CT molecular complexity index is 1350. The molecule has 3 amide bonds. The summed E-state index contributed by atoms with van der Waals surface area (Å²) in [6.45, 7) is -0.694. The first-order valence-corrected chi connectivity index (χ1v) is 11.9. The van der Waals surface area contributed by atoms with Crippen molar-refractivity contribution in [2.24, 2.45) is 5.73 Å². The molecule has 13 heteroatoms. The maximum Gasteiger partial charge on any atom is 0.322 e. The van der Waals surface area contributed by atoms with Crippen molar-refractivity contribution in [3.05, 3.63) is 65.9 Å². The van der Waals surface area contributed by atoms with Gasteiger partial charge in [-0.1, -0.05) is 30.3 Å². The number of nitrogens with one attached hydrogen (secondary N) is 4. The van der Waals surface area contributed by atoms with E-state index < -0.39 is 60.8 Å². The van der Waals surface area contributed by atoms with Crippen LogP contribution in [0.4, 0.5) is 0 Å². The van der Waals surface area contributed by atoms with Gasteiger partial charge in [-0.3, -0.25) is 24.0 Å². The van der Waals surface area contributed by atoms with Crippen molar-refractivity contribution in [2.45, 2.75) is 37.4 Å². The van der Waals surface area contributed by atoms with E-state index in [0.29, 0.717) is 11.1 Å². The summed E-state index contributed by atoms with van der Waals surface area (Å²) in [5.41, 5.74) is 8.01. The van der Waals surface area contributed by atoms with Gasteiger partial charge in [-0.05, 0) is 35.7 Å². The van der Waals surface area contributed by atoms with Gasteiger partial charge in [0.15, 0.2) is 0 Å². The van der Waals surface area contributed by atoms with Crippen LogP contribution >= 0.6 is 0 Å². The summed E-state index contributed by atoms with van der Waals surface area (Å²) in [6.07, 6.45) is 0.858. The average Bonchev–Trinajstić information content (AvgIpc) is 3.30. The van der Waals surface area contributed by atoms with E-state index >= 15 is 0 Å². The van der Waals surface area contributed by atoms with Crippen LogP contribution in [0.15, 0.2) is 54.7 Å². The number of phenolic OH excluding ortho intramolecular Hbond substituents is 1. The number of aliphatic carboxylic acids is 2. The highest BCUT2D eigenvalue weighted by Gasteiger charge is 2.30. The first-order valence-electron chi connectivity index (χ1n) is 11.9. The quantitative estimate of drug-likeness (QED) is 0.142. The standard InChI is InChI=1S/C26H29N5O8/c27-18(9-14-5-7-16(32)8-6-14)24(37)30-21(11-22(33)34)26(39)31-20(25(38)29-13-23(35)36)10-15-12-28-19-4-2-1-3-17(15)19/h1-8,12,18,20-21,28,32H,9-11,13,27H2,(H,29,38)(H,30,37)(H,31,39)(H,33,34)(H,35,36). The summed E-state index contributed by atoms with van der Waals surface area (Å²) in [4.78, 5) is 64.1. The summed E-state index contributed by atoms with van der Waals surface area (Å²) in [5, 5.41) is 35.4. The predicted octanol–water partition coefficient (Wildman–Crippen LogP) is -0.369. The minimum Gasteiger partial charge on any atom is -0.508 e. The van der Waals surface area contributed by atoms with E-state index in [2.05, 4.69) is 20.9 Å². The van der Waals surface area contributed by atoms with Crippen molar-refractivity contribution < 1.29 is 39.3 Å². The maximum absolute atomic E-state index is 13.1. The molecule has 1 heterocycles. The van der Waals surface area contributed by atoms with Gasteiger partial charge < -0.3 is 42.0 Å². The molecule has 9 N–H and O–H groups in total. The fourth-order valence-corrected chi connectivity index (χ4v) is 3.93. The highest BCUT2D eigenvalue weighted by molar-refractivity contribution is 5.96. The van der Waals surface area contributed by atoms with E-state index in [9.17, 15) is 34.2 Å². The second-order valence-corrected chi connectivity index (χ2v) is 8.87. The third-order valence-electron chi connectivity index (χ3n) is 5.89. The number of fused-ring (bicyclic) bond motifs is 1. The number of para-hydroxylation sites is 1. The lowest BCUT2D eigenvalue weighted by Crippen LogP contribution is -2.57. The van der Waals surface area contributed by atoms with E-state index in [0.717, 1.165) is 10.9 Å². The van der Waals surface area contributed by atoms with Crippen molar-refractivity contribution in [1.82, 2.24) is 20.9 Å². The zero-order chi connectivity index (χ0) is 28.5. The Balaban J connectivity index is 1.75. The molecule has 0 radical (unpaired) electrons. The number of phenols is 1. The molecule has 3 atom stereocenters. The summed E-state index contributed by atoms with van der Waals surface area (Å²) in [5.74, 6) is -5.21. The number of rotatable bonds is 13. The van der Waals surface area contributed by atoms with Gasteiger partial charge in [0.1, 0.15) is 24.4 Å². The highest BCUT2D eigenvalue weighted by Crippen LogP contribution is 2.19. The normalized spacial score (nSPS) is 13.2. The van der Waals surface area contributed by atoms with Crippen molar-refractivity contribution in [1.29, 1.82) is 0 Å². The molecule has 3 rings (SSSR count). The van der Waals surface area contributed by atoms with Crippen LogP contribution in [0.3, 0.4) is 0 Å². The summed E-state index contributed by atoms with van der Waals surface area (Å²) in [7, 11) is 0. The number of hydrogen-bond donors (Lipinski definition) is 8. The largest absolute Gasteiger partial charge is 0.508 e. The lowest BCUT2D eigenvalue weighted by atomic mass is 10.0. The van der Waals surface area contributed by atoms with Gasteiger partial charge in [0.05, 0.1) is 12.5 Å². The van der Waals surface area contributed by atoms with Gasteiger partial charge in [0.25, 0.3) is 0 Å². The number of carbonyl (C=O) groups is 5. The molecule has 39 heavy (non-hydrogen) atoms. The van der Waals surface area contributed by atoms with Crippen LogP contribution in [0.25, 0.3) is 10.9 Å². The molecule has 0 fully saturated rings. The molecule has 2 aromatic carbocycles. The van der Waals surface area contributed by atoms with E-state index in [1.165, 1.54) is 12.1 Å². The number of aromatic amines is 1. The number of benzene rings is 2. The van der Waals surface area contributed by atoms with E-state index in [1.807, 2.05) is 12.1 Å². The van der Waals surface area contributed by atoms with Crippen LogP contribution in [0, 0.1) is 0 Å². The zero-order valence-corrected chi connectivity index (χ0v) is 20.7. The fourth-order valence-electron chi connectivity index (χ4n) is 3.93. The number of amides is 3. The summed E-state index contributed by atoms with van der Waals surface area (Å²) < 4.78 is 0. The van der Waals surface area contributed by atoms with E-state index in [1.54, 1.807) is 30.5 Å². The second-order valence-electron chi connectivity index (χ2n) is 8.87. The zero-order valence-electron chi connectivity index (χ0n) is 20.7. The molecule has 0 saturated carbocycles. The minimum atomic E-state index is -1.57. The molecule has 206 valence electrons. The van der Waals surface area contributed by atoms with Gasteiger partial charge >= 0.3 is 11.9 Å². The van der Waals surface area contributed by atoms with Crippen LogP contribution in [-0.2, 0) is 36.8 Å². The fraction of sp³-hybridized carbons (Fsp3) is 0.269. The molecule has 0 saturated heterocycles. The van der Waals surface area contributed by atoms with Crippen LogP contribution in [-0.4, -0.2) is 74.6 Å². The number of carboxylic acids is 2. The van der Waals surface area contributed by atoms with Gasteiger partial charge in [-0.15, -0.1) is 0 Å². The Morgan fingerprint density at radius 3 is 2.15 bits per heavy atom. The number of carboxylic acid groups (broad SMARTS) is 2. The van der Waals surface area contributed by atoms with Gasteiger partial charge in [-0.2, -0.15) is 0 Å². The molecule has 1 aromatic heterocycles. The topological polar surface area (TPSA) is 224 Å². The molecule has 0 bridgehead atoms. The molecule has 0 spiro atoms. The number of carbonyl (C=O) groups excluding carboxylic acids is 3. The van der Waals surface area contributed by atoms with Crippen molar-refractivity contribution in [2.75, 3.05) is 6.54 Å². The smallest absolute Gasteiger partial charge is 0.322 e. The van der Waals surface area contributed by atoms with Gasteiger partial charge in [-0.25, -0.2) is 0 Å². The molecule has 3 unspecified atom stereocenters. The monoisotopic (exact) mass is 539 g/mol. The predicted molar refractivity (Wildman–Crippen MR) is 139 cm³/mol. The Labute approximate surface area is 222 Å². The lowest BCUT2D eigenvalue weighted by molar-refractivity contribution is -0.141. The van der Waals surface area contributed by atoms with E-state index in [-0.39, 0.29) is 18.6 Å². The third kappa shape index (κ3) is 8.30. The van der Waals surface area contributed by atoms with Gasteiger partial charge in [0, 0.05) is 23.5 Å². The number of H-pyrrole nitrogens is 1. The number of nitrogens with two attached hydrogens (primary N) is 1. The van der Waals surface area contributed by atoms with E-state index in [4.69, 9.17) is 10.8 Å². The summed E-state index contributed by atoms with van der Waals surface area (Å²) in [6, 6.07) is 9.20. The Hall–Kier alpha value is -4.91. The Morgan fingerprint density at radius 2 is 1.49 bits per heavy atom. The first kappa shape index (κ1) is 28.7. The van der Waals surface area contributed by atoms with Crippen molar-refractivity contribution in [3.63, 3.8) is 0 Å². The number of aromatic hydroxyl groups is 1. The lowest BCUT2D eigenvalue weighted by Gasteiger charge is -2.23. The average molecular weight is 540 g/mol. The molecular weight excluding hydrogens is 510 g/mol. The van der Waals surface area contributed by atoms with Crippen LogP contribution in [0.2, 0.25) is 0 Å². The molecule has 0 aliphatic heterocycles. The Morgan fingerprint density at radius 1 is 0.821 bits per heavy atom. The molecular formula is C26H29N5O8. The number of aromatic nitrogens is 1. The molecule has 0 aliphatic carbocycles. The highest BCUT2D eigenvalue weighted by atomic mass is 16.4. The SMILES string of the molecule is NC(Cc1ccc(O)cc1)C(=O)NC(CC(=O)O)C(=O)NC(Cc1c[nH]c2ccccc12)C(=O)NCC(=O)O. The first-order chi connectivity index (χ1) is 18.5. The molecule has 13 nitrogen and oxygen atoms in total. The molecule has 3 aromatic rings. The van der Waals surface area contributed by atoms with Crippen molar-refractivity contribution >= 4 is 40.6 Å². The van der Waals surface area contributed by atoms with Gasteiger partial charge in [0.2, 0.25) is 17.7 Å².